The number of hydrogen-bond acceptors (Lipinski definition) is 4. The van der Waals surface area contributed by atoms with E-state index in [1.165, 1.54) is 0 Å². The average molecular weight is 270 g/mol. The summed E-state index contributed by atoms with van der Waals surface area (Å²) >= 11 is 0. The van der Waals surface area contributed by atoms with Gasteiger partial charge in [0.05, 0.1) is 14.2 Å². The van der Waals surface area contributed by atoms with Gasteiger partial charge in [-0.1, -0.05) is 24.3 Å². The molecule has 0 bridgehead atoms. The van der Waals surface area contributed by atoms with Gasteiger partial charge in [0.2, 0.25) is 0 Å². The number of ether oxygens (including phenoxy) is 3. The molecule has 4 heteroatoms. The Balaban J connectivity index is 2.16. The van der Waals surface area contributed by atoms with Crippen LogP contribution < -0.4 is 14.2 Å². The number of para-hydroxylation sites is 1. The molecule has 0 unspecified atom stereocenters. The van der Waals surface area contributed by atoms with Crippen molar-refractivity contribution in [3.8, 4) is 28.7 Å². The SMILES string of the molecule is COc1cc2c(cc1OC)Oc1c(O)cccc1C=C2. The molecule has 0 aliphatic carbocycles. The van der Waals surface area contributed by atoms with Gasteiger partial charge in [-0.2, -0.15) is 0 Å². The maximum absolute atomic E-state index is 9.92. The Morgan fingerprint density at radius 3 is 2.40 bits per heavy atom. The van der Waals surface area contributed by atoms with E-state index in [2.05, 4.69) is 0 Å². The highest BCUT2D eigenvalue weighted by molar-refractivity contribution is 5.80. The first-order chi connectivity index (χ1) is 9.72. The summed E-state index contributed by atoms with van der Waals surface area (Å²) in [5.74, 6) is 2.37. The van der Waals surface area contributed by atoms with E-state index in [-0.39, 0.29) is 5.75 Å². The van der Waals surface area contributed by atoms with E-state index in [4.69, 9.17) is 14.2 Å². The first kappa shape index (κ1) is 12.4. The molecule has 0 spiro atoms. The monoisotopic (exact) mass is 270 g/mol. The van der Waals surface area contributed by atoms with Gasteiger partial charge in [-0.25, -0.2) is 0 Å². The van der Waals surface area contributed by atoms with Gasteiger partial charge in [-0.05, 0) is 12.1 Å². The summed E-state index contributed by atoms with van der Waals surface area (Å²) in [7, 11) is 3.16. The Kier molecular flexibility index (Phi) is 2.99. The summed E-state index contributed by atoms with van der Waals surface area (Å²) in [5, 5.41) is 9.92. The standard InChI is InChI=1S/C16H14O4/c1-18-14-8-11-7-6-10-4-3-5-12(17)16(10)20-13(11)9-15(14)19-2/h3-9,17H,1-2H3. The molecule has 2 aromatic carbocycles. The van der Waals surface area contributed by atoms with Crippen LogP contribution in [0.25, 0.3) is 12.2 Å². The molecule has 1 aliphatic rings. The van der Waals surface area contributed by atoms with Crippen LogP contribution in [0.2, 0.25) is 0 Å². The summed E-state index contributed by atoms with van der Waals surface area (Å²) in [6.07, 6.45) is 3.81. The second-order valence-electron chi connectivity index (χ2n) is 4.38. The Bertz CT molecular complexity index is 689. The molecule has 0 amide bonds. The van der Waals surface area contributed by atoms with Gasteiger partial charge < -0.3 is 19.3 Å². The number of methoxy groups -OCH3 is 2. The normalized spacial score (nSPS) is 11.9. The van der Waals surface area contributed by atoms with Gasteiger partial charge in [-0.15, -0.1) is 0 Å². The van der Waals surface area contributed by atoms with E-state index >= 15 is 0 Å². The lowest BCUT2D eigenvalue weighted by atomic mass is 10.1. The van der Waals surface area contributed by atoms with Crippen LogP contribution in [0, 0.1) is 0 Å². The van der Waals surface area contributed by atoms with Gasteiger partial charge in [-0.3, -0.25) is 0 Å². The zero-order valence-corrected chi connectivity index (χ0v) is 11.2. The van der Waals surface area contributed by atoms with Gasteiger partial charge in [0.25, 0.3) is 0 Å². The number of phenols is 1. The Labute approximate surface area is 116 Å². The fourth-order valence-electron chi connectivity index (χ4n) is 2.17. The van der Waals surface area contributed by atoms with Crippen molar-refractivity contribution < 1.29 is 19.3 Å². The third kappa shape index (κ3) is 1.95. The molecule has 0 radical (unpaired) electrons. The smallest absolute Gasteiger partial charge is 0.176 e. The second kappa shape index (κ2) is 4.81. The van der Waals surface area contributed by atoms with Gasteiger partial charge in [0.1, 0.15) is 5.75 Å². The molecule has 0 aromatic heterocycles. The van der Waals surface area contributed by atoms with Crippen LogP contribution in [0.4, 0.5) is 0 Å². The molecular formula is C16H14O4. The average Bonchev–Trinajstić information content (AvgIpc) is 2.65. The van der Waals surface area contributed by atoms with Crippen LogP contribution in [0.15, 0.2) is 30.3 Å². The van der Waals surface area contributed by atoms with Crippen LogP contribution in [0.3, 0.4) is 0 Å². The van der Waals surface area contributed by atoms with Crippen LogP contribution in [0.5, 0.6) is 28.7 Å². The molecule has 1 N–H and O–H groups in total. The molecule has 102 valence electrons. The molecule has 0 atom stereocenters. The van der Waals surface area contributed by atoms with Crippen molar-refractivity contribution in [2.75, 3.05) is 14.2 Å². The van der Waals surface area contributed by atoms with E-state index in [1.807, 2.05) is 24.3 Å². The van der Waals surface area contributed by atoms with Crippen molar-refractivity contribution in [3.05, 3.63) is 41.5 Å². The lowest BCUT2D eigenvalue weighted by Crippen LogP contribution is -1.94. The Hall–Kier alpha value is -2.62. The number of benzene rings is 2. The zero-order chi connectivity index (χ0) is 14.1. The number of phenolic OH excluding ortho intramolecular Hbond substituents is 1. The van der Waals surface area contributed by atoms with Gasteiger partial charge >= 0.3 is 0 Å². The quantitative estimate of drug-likeness (QED) is 0.771. The fourth-order valence-corrected chi connectivity index (χ4v) is 2.17. The van der Waals surface area contributed by atoms with Crippen molar-refractivity contribution in [2.24, 2.45) is 0 Å². The first-order valence-electron chi connectivity index (χ1n) is 6.17. The van der Waals surface area contributed by atoms with Crippen LogP contribution in [0.1, 0.15) is 11.1 Å². The molecule has 20 heavy (non-hydrogen) atoms. The van der Waals surface area contributed by atoms with Gasteiger partial charge in [0.15, 0.2) is 23.0 Å². The fraction of sp³-hybridized carbons (Fsp3) is 0.125. The predicted octanol–water partition coefficient (Wildman–Crippen LogP) is 3.69. The van der Waals surface area contributed by atoms with Crippen LogP contribution in [-0.4, -0.2) is 19.3 Å². The summed E-state index contributed by atoms with van der Waals surface area (Å²) < 4.78 is 16.4. The van der Waals surface area contributed by atoms with Crippen LogP contribution >= 0.6 is 0 Å². The topological polar surface area (TPSA) is 47.9 Å². The molecule has 1 heterocycles. The minimum atomic E-state index is 0.106. The molecule has 1 aliphatic heterocycles. The zero-order valence-electron chi connectivity index (χ0n) is 11.2. The molecule has 0 saturated heterocycles. The largest absolute Gasteiger partial charge is 0.504 e. The number of rotatable bonds is 2. The minimum absolute atomic E-state index is 0.106. The Morgan fingerprint density at radius 2 is 1.65 bits per heavy atom. The van der Waals surface area contributed by atoms with Gasteiger partial charge in [0, 0.05) is 17.2 Å². The lowest BCUT2D eigenvalue weighted by Gasteiger charge is -2.13. The van der Waals surface area contributed by atoms with E-state index < -0.39 is 0 Å². The van der Waals surface area contributed by atoms with E-state index in [1.54, 1.807) is 32.4 Å². The van der Waals surface area contributed by atoms with Crippen molar-refractivity contribution in [1.82, 2.24) is 0 Å². The number of hydrogen-bond donors (Lipinski definition) is 1. The van der Waals surface area contributed by atoms with Crippen molar-refractivity contribution in [3.63, 3.8) is 0 Å². The highest BCUT2D eigenvalue weighted by atomic mass is 16.5. The first-order valence-corrected chi connectivity index (χ1v) is 6.17. The predicted molar refractivity (Wildman–Crippen MR) is 76.7 cm³/mol. The Morgan fingerprint density at radius 1 is 0.950 bits per heavy atom. The molecular weight excluding hydrogens is 256 g/mol. The van der Waals surface area contributed by atoms with Crippen molar-refractivity contribution >= 4 is 12.2 Å². The maximum Gasteiger partial charge on any atom is 0.176 e. The van der Waals surface area contributed by atoms with Crippen molar-refractivity contribution in [1.29, 1.82) is 0 Å². The minimum Gasteiger partial charge on any atom is -0.504 e. The molecule has 4 nitrogen and oxygen atoms in total. The highest BCUT2D eigenvalue weighted by Gasteiger charge is 2.17. The third-order valence-corrected chi connectivity index (χ3v) is 3.20. The molecule has 0 fully saturated rings. The summed E-state index contributed by atoms with van der Waals surface area (Å²) in [5.41, 5.74) is 1.68. The van der Waals surface area contributed by atoms with E-state index in [0.717, 1.165) is 11.1 Å². The molecule has 0 saturated carbocycles. The van der Waals surface area contributed by atoms with Crippen LogP contribution in [-0.2, 0) is 0 Å². The van der Waals surface area contributed by atoms with E-state index in [9.17, 15) is 5.11 Å². The second-order valence-corrected chi connectivity index (χ2v) is 4.38. The molecule has 2 aromatic rings. The van der Waals surface area contributed by atoms with E-state index in [0.29, 0.717) is 23.0 Å². The molecule has 3 rings (SSSR count). The summed E-state index contributed by atoms with van der Waals surface area (Å²) in [6.45, 7) is 0. The number of fused-ring (bicyclic) bond motifs is 2. The van der Waals surface area contributed by atoms with Crippen molar-refractivity contribution in [2.45, 2.75) is 0 Å². The number of aromatic hydroxyl groups is 1. The summed E-state index contributed by atoms with van der Waals surface area (Å²) in [4.78, 5) is 0. The summed E-state index contributed by atoms with van der Waals surface area (Å²) in [6, 6.07) is 8.84. The highest BCUT2D eigenvalue weighted by Crippen LogP contribution is 2.43. The maximum atomic E-state index is 9.92. The third-order valence-electron chi connectivity index (χ3n) is 3.20. The lowest BCUT2D eigenvalue weighted by molar-refractivity contribution is 0.351.